The number of rotatable bonds is 6. The minimum absolute atomic E-state index is 0.0211. The third-order valence-corrected chi connectivity index (χ3v) is 8.16. The van der Waals surface area contributed by atoms with Gasteiger partial charge in [-0.05, 0) is 72.0 Å². The quantitative estimate of drug-likeness (QED) is 0.319. The second-order valence-electron chi connectivity index (χ2n) is 11.0. The van der Waals surface area contributed by atoms with Crippen LogP contribution in [-0.4, -0.2) is 56.5 Å². The Bertz CT molecular complexity index is 1660. The Kier molecular flexibility index (Phi) is 7.85. The van der Waals surface area contributed by atoms with Gasteiger partial charge in [-0.15, -0.1) is 0 Å². The van der Waals surface area contributed by atoms with Crippen molar-refractivity contribution in [2.24, 2.45) is 0 Å². The van der Waals surface area contributed by atoms with E-state index in [1.54, 1.807) is 24.3 Å². The van der Waals surface area contributed by atoms with E-state index in [9.17, 15) is 4.79 Å². The molecule has 1 N–H and O–H groups in total. The fourth-order valence-corrected chi connectivity index (χ4v) is 6.01. The average Bonchev–Trinajstić information content (AvgIpc) is 3.40. The van der Waals surface area contributed by atoms with Gasteiger partial charge in [0.15, 0.2) is 0 Å². The van der Waals surface area contributed by atoms with Gasteiger partial charge < -0.3 is 14.8 Å². The maximum Gasteiger partial charge on any atom is 0.321 e. The number of urea groups is 1. The van der Waals surface area contributed by atoms with Crippen LogP contribution < -0.4 is 5.32 Å². The molecule has 212 valence electrons. The summed E-state index contributed by atoms with van der Waals surface area (Å²) in [5, 5.41) is 12.0. The molecule has 1 aliphatic heterocycles. The second kappa shape index (κ2) is 12.0. The highest BCUT2D eigenvalue weighted by Crippen LogP contribution is 2.40. The molecule has 2 aromatic heterocycles. The van der Waals surface area contributed by atoms with Gasteiger partial charge in [0, 0.05) is 63.4 Å². The summed E-state index contributed by atoms with van der Waals surface area (Å²) in [7, 11) is 0. The van der Waals surface area contributed by atoms with Crippen LogP contribution in [0.2, 0.25) is 0 Å². The molecule has 8 nitrogen and oxygen atoms in total. The van der Waals surface area contributed by atoms with E-state index in [1.807, 2.05) is 23.4 Å². The number of nitrogens with zero attached hydrogens (tertiary/aromatic N) is 6. The smallest absolute Gasteiger partial charge is 0.321 e. The number of aryl methyl sites for hydroxylation is 2. The van der Waals surface area contributed by atoms with Crippen LogP contribution in [-0.2, 0) is 13.0 Å². The van der Waals surface area contributed by atoms with Gasteiger partial charge in [-0.25, -0.2) is 9.78 Å². The van der Waals surface area contributed by atoms with Crippen LogP contribution in [0.3, 0.4) is 0 Å². The van der Waals surface area contributed by atoms with Crippen LogP contribution in [0.5, 0.6) is 0 Å². The Labute approximate surface area is 246 Å². The van der Waals surface area contributed by atoms with E-state index in [0.29, 0.717) is 24.3 Å². The standard InChI is InChI=1S/C34H35N7O/c1-3-5-31-36-14-15-41(31)23-27-21-26-6-4-13-37-32(26)33(29-12-7-24(2)20-30(27)29)39-16-18-40(19-17-39)34(42)38-28-10-8-25(22-35)9-11-28/h4,6-15,20-21,33H,3,5,16-19,23H2,1-2H3,(H,38,42). The molecule has 0 bridgehead atoms. The topological polar surface area (TPSA) is 90.1 Å². The molecule has 2 aliphatic rings. The fourth-order valence-electron chi connectivity index (χ4n) is 6.01. The van der Waals surface area contributed by atoms with Gasteiger partial charge in [-0.3, -0.25) is 9.88 Å². The van der Waals surface area contributed by atoms with E-state index in [0.717, 1.165) is 49.6 Å². The Hall–Kier alpha value is -4.74. The monoisotopic (exact) mass is 557 g/mol. The maximum atomic E-state index is 13.1. The summed E-state index contributed by atoms with van der Waals surface area (Å²) in [5.74, 6) is 1.11. The molecule has 6 rings (SSSR count). The number of hydrogen-bond acceptors (Lipinski definition) is 5. The third kappa shape index (κ3) is 5.56. The molecule has 2 aromatic carbocycles. The lowest BCUT2D eigenvalue weighted by Crippen LogP contribution is -2.51. The number of hydrogen-bond donors (Lipinski definition) is 1. The van der Waals surface area contributed by atoms with Crippen molar-refractivity contribution in [1.82, 2.24) is 24.3 Å². The molecule has 0 saturated carbocycles. The number of piperazine rings is 1. The molecule has 4 aromatic rings. The normalized spacial score (nSPS) is 16.5. The van der Waals surface area contributed by atoms with E-state index >= 15 is 0 Å². The number of imidazole rings is 1. The SMILES string of the molecule is CCCc1nccn1CC1=Cc2cccnc2C(N2CCN(C(=O)Nc3ccc(C#N)cc3)CC2)c2ccc(C)cc21. The predicted molar refractivity (Wildman–Crippen MR) is 165 cm³/mol. The lowest BCUT2D eigenvalue weighted by molar-refractivity contribution is 0.125. The van der Waals surface area contributed by atoms with Crippen molar-refractivity contribution in [2.75, 3.05) is 31.5 Å². The first-order chi connectivity index (χ1) is 20.5. The lowest BCUT2D eigenvalue weighted by atomic mass is 9.92. The summed E-state index contributed by atoms with van der Waals surface area (Å²) in [5.41, 5.74) is 8.40. The summed E-state index contributed by atoms with van der Waals surface area (Å²) in [6, 6.07) is 19.8. The van der Waals surface area contributed by atoms with Crippen LogP contribution >= 0.6 is 0 Å². The number of nitriles is 1. The van der Waals surface area contributed by atoms with E-state index in [4.69, 9.17) is 10.2 Å². The minimum atomic E-state index is -0.123. The highest BCUT2D eigenvalue weighted by molar-refractivity contribution is 5.89. The molecule has 1 aliphatic carbocycles. The molecule has 0 spiro atoms. The number of allylic oxidation sites excluding steroid dienone is 1. The van der Waals surface area contributed by atoms with Crippen molar-refractivity contribution in [1.29, 1.82) is 5.26 Å². The first-order valence-corrected chi connectivity index (χ1v) is 14.6. The zero-order valence-electron chi connectivity index (χ0n) is 24.1. The number of pyridine rings is 1. The molecular weight excluding hydrogens is 522 g/mol. The van der Waals surface area contributed by atoms with E-state index in [-0.39, 0.29) is 12.1 Å². The molecule has 1 saturated heterocycles. The molecule has 0 radical (unpaired) electrons. The number of carbonyl (C=O) groups is 1. The Morgan fingerprint density at radius 3 is 2.62 bits per heavy atom. The predicted octanol–water partition coefficient (Wildman–Crippen LogP) is 5.90. The van der Waals surface area contributed by atoms with Gasteiger partial charge in [-0.1, -0.05) is 36.8 Å². The Morgan fingerprint density at radius 2 is 1.86 bits per heavy atom. The van der Waals surface area contributed by atoms with Gasteiger partial charge in [0.2, 0.25) is 0 Å². The van der Waals surface area contributed by atoms with Crippen LogP contribution in [0.15, 0.2) is 73.2 Å². The molecular formula is C34H35N7O. The number of carbonyl (C=O) groups excluding carboxylic acids is 1. The van der Waals surface area contributed by atoms with Gasteiger partial charge in [-0.2, -0.15) is 5.26 Å². The molecule has 42 heavy (non-hydrogen) atoms. The number of amides is 2. The Morgan fingerprint density at radius 1 is 1.05 bits per heavy atom. The number of benzene rings is 2. The Balaban J connectivity index is 1.27. The molecule has 1 fully saturated rings. The van der Waals surface area contributed by atoms with Gasteiger partial charge >= 0.3 is 6.03 Å². The van der Waals surface area contributed by atoms with Gasteiger partial charge in [0.1, 0.15) is 5.82 Å². The highest BCUT2D eigenvalue weighted by Gasteiger charge is 2.33. The molecule has 8 heteroatoms. The van der Waals surface area contributed by atoms with Gasteiger partial charge in [0.05, 0.1) is 23.4 Å². The summed E-state index contributed by atoms with van der Waals surface area (Å²) in [6.07, 6.45) is 10.2. The van der Waals surface area contributed by atoms with Gasteiger partial charge in [0.25, 0.3) is 0 Å². The number of anilines is 1. The largest absolute Gasteiger partial charge is 0.330 e. The van der Waals surface area contributed by atoms with Crippen molar-refractivity contribution in [3.63, 3.8) is 0 Å². The zero-order valence-corrected chi connectivity index (χ0v) is 24.1. The van der Waals surface area contributed by atoms with Crippen molar-refractivity contribution < 1.29 is 4.79 Å². The van der Waals surface area contributed by atoms with E-state index < -0.39 is 0 Å². The molecule has 2 amide bonds. The number of aromatic nitrogens is 3. The number of nitrogens with one attached hydrogen (secondary N) is 1. The van der Waals surface area contributed by atoms with Crippen LogP contribution in [0, 0.1) is 18.3 Å². The second-order valence-corrected chi connectivity index (χ2v) is 11.0. The zero-order chi connectivity index (χ0) is 29.1. The van der Waals surface area contributed by atoms with Crippen molar-refractivity contribution in [3.05, 3.63) is 113 Å². The van der Waals surface area contributed by atoms with Crippen molar-refractivity contribution >= 4 is 23.4 Å². The highest BCUT2D eigenvalue weighted by atomic mass is 16.2. The summed E-state index contributed by atoms with van der Waals surface area (Å²) in [4.78, 5) is 26.9. The summed E-state index contributed by atoms with van der Waals surface area (Å²) < 4.78 is 2.27. The first kappa shape index (κ1) is 27.4. The van der Waals surface area contributed by atoms with Crippen LogP contribution in [0.1, 0.15) is 58.7 Å². The van der Waals surface area contributed by atoms with Crippen molar-refractivity contribution in [2.45, 2.75) is 39.3 Å². The molecule has 3 heterocycles. The van der Waals surface area contributed by atoms with Crippen LogP contribution in [0.4, 0.5) is 10.5 Å². The number of fused-ring (bicyclic) bond motifs is 2. The van der Waals surface area contributed by atoms with Crippen LogP contribution in [0.25, 0.3) is 11.6 Å². The first-order valence-electron chi connectivity index (χ1n) is 14.6. The lowest BCUT2D eigenvalue weighted by Gasteiger charge is -2.39. The molecule has 1 atom stereocenters. The van der Waals surface area contributed by atoms with Crippen molar-refractivity contribution in [3.8, 4) is 6.07 Å². The average molecular weight is 558 g/mol. The summed E-state index contributed by atoms with van der Waals surface area (Å²) in [6.45, 7) is 7.75. The summed E-state index contributed by atoms with van der Waals surface area (Å²) >= 11 is 0. The third-order valence-electron chi connectivity index (χ3n) is 8.16. The fraction of sp³-hybridized carbons (Fsp3) is 0.294. The van der Waals surface area contributed by atoms with E-state index in [1.165, 1.54) is 22.3 Å². The minimum Gasteiger partial charge on any atom is -0.330 e. The van der Waals surface area contributed by atoms with E-state index in [2.05, 4.69) is 76.2 Å². The molecule has 1 unspecified atom stereocenters. The maximum absolute atomic E-state index is 13.1.